The first-order valence-corrected chi connectivity index (χ1v) is 5.64. The van der Waals surface area contributed by atoms with Crippen molar-refractivity contribution in [3.63, 3.8) is 0 Å². The number of rotatable bonds is 1. The van der Waals surface area contributed by atoms with Crippen molar-refractivity contribution in [2.45, 2.75) is 65.1 Å². The van der Waals surface area contributed by atoms with Crippen molar-refractivity contribution >= 4 is 5.96 Å². The highest BCUT2D eigenvalue weighted by molar-refractivity contribution is 5.79. The molecule has 0 bridgehead atoms. The second kappa shape index (κ2) is 4.67. The Hall–Kier alpha value is -0.730. The molecule has 3 nitrogen and oxygen atoms in total. The topological polar surface area (TPSA) is 41.6 Å². The summed E-state index contributed by atoms with van der Waals surface area (Å²) >= 11 is 0. The SMILES string of the molecule is CC(C)N=C(N)N1[C@H](C)CCC[C@@H]1C. The molecular formula is C11H23N3. The van der Waals surface area contributed by atoms with E-state index in [1.165, 1.54) is 19.3 Å². The lowest BCUT2D eigenvalue weighted by Crippen LogP contribution is -2.51. The van der Waals surface area contributed by atoms with Gasteiger partial charge in [-0.05, 0) is 47.0 Å². The van der Waals surface area contributed by atoms with Gasteiger partial charge in [0.25, 0.3) is 0 Å². The molecule has 0 saturated carbocycles. The molecule has 0 aliphatic carbocycles. The van der Waals surface area contributed by atoms with E-state index in [2.05, 4.69) is 37.6 Å². The Bertz CT molecular complexity index is 201. The van der Waals surface area contributed by atoms with Gasteiger partial charge in [0.2, 0.25) is 0 Å². The lowest BCUT2D eigenvalue weighted by molar-refractivity contribution is 0.188. The van der Waals surface area contributed by atoms with E-state index in [4.69, 9.17) is 5.73 Å². The van der Waals surface area contributed by atoms with Crippen LogP contribution in [0.15, 0.2) is 4.99 Å². The smallest absolute Gasteiger partial charge is 0.191 e. The molecule has 0 unspecified atom stereocenters. The van der Waals surface area contributed by atoms with Crippen molar-refractivity contribution in [2.75, 3.05) is 0 Å². The highest BCUT2D eigenvalue weighted by atomic mass is 15.3. The van der Waals surface area contributed by atoms with Crippen molar-refractivity contribution < 1.29 is 0 Å². The van der Waals surface area contributed by atoms with Crippen LogP contribution in [0.25, 0.3) is 0 Å². The molecule has 2 N–H and O–H groups in total. The van der Waals surface area contributed by atoms with Gasteiger partial charge in [0.1, 0.15) is 0 Å². The van der Waals surface area contributed by atoms with Crippen molar-refractivity contribution in [3.8, 4) is 0 Å². The number of hydrogen-bond acceptors (Lipinski definition) is 1. The van der Waals surface area contributed by atoms with E-state index in [1.807, 2.05) is 0 Å². The van der Waals surface area contributed by atoms with Gasteiger partial charge in [0.15, 0.2) is 5.96 Å². The van der Waals surface area contributed by atoms with E-state index in [1.54, 1.807) is 0 Å². The summed E-state index contributed by atoms with van der Waals surface area (Å²) in [5.74, 6) is 0.722. The Labute approximate surface area is 87.4 Å². The van der Waals surface area contributed by atoms with Gasteiger partial charge in [-0.2, -0.15) is 0 Å². The minimum Gasteiger partial charge on any atom is -0.370 e. The maximum absolute atomic E-state index is 6.01. The fourth-order valence-corrected chi connectivity index (χ4v) is 2.20. The molecule has 0 aromatic rings. The second-order valence-electron chi connectivity index (χ2n) is 4.62. The summed E-state index contributed by atoms with van der Waals surface area (Å²) in [7, 11) is 0. The zero-order chi connectivity index (χ0) is 10.7. The molecule has 1 aliphatic heterocycles. The van der Waals surface area contributed by atoms with Gasteiger partial charge in [0.05, 0.1) is 0 Å². The molecule has 0 radical (unpaired) electrons. The van der Waals surface area contributed by atoms with E-state index in [9.17, 15) is 0 Å². The van der Waals surface area contributed by atoms with Gasteiger partial charge < -0.3 is 10.6 Å². The van der Waals surface area contributed by atoms with Crippen LogP contribution < -0.4 is 5.73 Å². The Morgan fingerprint density at radius 3 is 2.21 bits per heavy atom. The summed E-state index contributed by atoms with van der Waals surface area (Å²) in [6.07, 6.45) is 3.78. The summed E-state index contributed by atoms with van der Waals surface area (Å²) < 4.78 is 0. The Kier molecular flexibility index (Phi) is 3.78. The van der Waals surface area contributed by atoms with E-state index in [0.29, 0.717) is 12.1 Å². The highest BCUT2D eigenvalue weighted by Gasteiger charge is 2.25. The molecule has 14 heavy (non-hydrogen) atoms. The third-order valence-corrected chi connectivity index (χ3v) is 2.85. The number of nitrogens with zero attached hydrogens (tertiary/aromatic N) is 2. The molecule has 0 amide bonds. The first kappa shape index (κ1) is 11.3. The monoisotopic (exact) mass is 197 g/mol. The predicted molar refractivity (Wildman–Crippen MR) is 61.4 cm³/mol. The van der Waals surface area contributed by atoms with Gasteiger partial charge in [-0.25, -0.2) is 0 Å². The fraction of sp³-hybridized carbons (Fsp3) is 0.909. The predicted octanol–water partition coefficient (Wildman–Crippen LogP) is 1.97. The number of piperidine rings is 1. The van der Waals surface area contributed by atoms with Crippen molar-refractivity contribution in [3.05, 3.63) is 0 Å². The van der Waals surface area contributed by atoms with Crippen LogP contribution in [-0.4, -0.2) is 29.0 Å². The van der Waals surface area contributed by atoms with E-state index < -0.39 is 0 Å². The molecule has 1 aliphatic rings. The lowest BCUT2D eigenvalue weighted by atomic mass is 9.98. The standard InChI is InChI=1S/C11H23N3/c1-8(2)13-11(12)14-9(3)6-5-7-10(14)4/h8-10H,5-7H2,1-4H3,(H2,12,13)/t9-,10+. The highest BCUT2D eigenvalue weighted by Crippen LogP contribution is 2.21. The molecule has 0 aromatic carbocycles. The molecule has 82 valence electrons. The summed E-state index contributed by atoms with van der Waals surface area (Å²) in [6, 6.07) is 1.37. The average molecular weight is 197 g/mol. The van der Waals surface area contributed by atoms with Crippen molar-refractivity contribution in [1.82, 2.24) is 4.90 Å². The number of nitrogens with two attached hydrogens (primary N) is 1. The van der Waals surface area contributed by atoms with Crippen LogP contribution in [0, 0.1) is 0 Å². The van der Waals surface area contributed by atoms with Crippen LogP contribution in [0.3, 0.4) is 0 Å². The molecule has 0 spiro atoms. The largest absolute Gasteiger partial charge is 0.370 e. The first-order chi connectivity index (χ1) is 6.52. The quantitative estimate of drug-likeness (QED) is 0.516. The van der Waals surface area contributed by atoms with Crippen LogP contribution in [0.2, 0.25) is 0 Å². The Morgan fingerprint density at radius 1 is 1.29 bits per heavy atom. The zero-order valence-corrected chi connectivity index (χ0v) is 9.83. The minimum atomic E-state index is 0.288. The summed E-state index contributed by atoms with van der Waals surface area (Å²) in [5.41, 5.74) is 6.01. The average Bonchev–Trinajstić information content (AvgIpc) is 2.01. The van der Waals surface area contributed by atoms with Gasteiger partial charge in [-0.3, -0.25) is 4.99 Å². The van der Waals surface area contributed by atoms with E-state index in [0.717, 1.165) is 5.96 Å². The third-order valence-electron chi connectivity index (χ3n) is 2.85. The van der Waals surface area contributed by atoms with Crippen LogP contribution in [-0.2, 0) is 0 Å². The minimum absolute atomic E-state index is 0.288. The van der Waals surface area contributed by atoms with E-state index in [-0.39, 0.29) is 6.04 Å². The second-order valence-corrected chi connectivity index (χ2v) is 4.62. The Morgan fingerprint density at radius 2 is 1.79 bits per heavy atom. The number of likely N-dealkylation sites (tertiary alicyclic amines) is 1. The normalized spacial score (nSPS) is 29.8. The summed E-state index contributed by atoms with van der Waals surface area (Å²) in [4.78, 5) is 6.69. The van der Waals surface area contributed by atoms with Gasteiger partial charge in [-0.15, -0.1) is 0 Å². The summed E-state index contributed by atoms with van der Waals surface area (Å²) in [5, 5.41) is 0. The zero-order valence-electron chi connectivity index (χ0n) is 9.83. The maximum atomic E-state index is 6.01. The number of aliphatic imine (C=N–C) groups is 1. The van der Waals surface area contributed by atoms with Crippen LogP contribution in [0.5, 0.6) is 0 Å². The van der Waals surface area contributed by atoms with Crippen molar-refractivity contribution in [1.29, 1.82) is 0 Å². The van der Waals surface area contributed by atoms with Gasteiger partial charge in [0, 0.05) is 18.1 Å². The molecule has 2 atom stereocenters. The molecule has 0 aromatic heterocycles. The van der Waals surface area contributed by atoms with Gasteiger partial charge >= 0.3 is 0 Å². The fourth-order valence-electron chi connectivity index (χ4n) is 2.20. The molecule has 3 heteroatoms. The summed E-state index contributed by atoms with van der Waals surface area (Å²) in [6.45, 7) is 8.59. The number of guanidine groups is 1. The van der Waals surface area contributed by atoms with Crippen LogP contribution in [0.1, 0.15) is 47.0 Å². The maximum Gasteiger partial charge on any atom is 0.191 e. The Balaban J connectivity index is 2.72. The van der Waals surface area contributed by atoms with Gasteiger partial charge in [-0.1, -0.05) is 0 Å². The third kappa shape index (κ3) is 2.63. The van der Waals surface area contributed by atoms with E-state index >= 15 is 0 Å². The molecule has 1 fully saturated rings. The molecule has 1 heterocycles. The number of hydrogen-bond donors (Lipinski definition) is 1. The molecule has 1 rings (SSSR count). The first-order valence-electron chi connectivity index (χ1n) is 5.64. The van der Waals surface area contributed by atoms with Crippen molar-refractivity contribution in [2.24, 2.45) is 10.7 Å². The lowest BCUT2D eigenvalue weighted by Gasteiger charge is -2.40. The molecular weight excluding hydrogens is 174 g/mol. The van der Waals surface area contributed by atoms with Crippen LogP contribution in [0.4, 0.5) is 0 Å². The van der Waals surface area contributed by atoms with Crippen LogP contribution >= 0.6 is 0 Å². The molecule has 1 saturated heterocycles.